The predicted molar refractivity (Wildman–Crippen MR) is 71.0 cm³/mol. The first-order chi connectivity index (χ1) is 10.4. The summed E-state index contributed by atoms with van der Waals surface area (Å²) in [5, 5.41) is 9.15. The van der Waals surface area contributed by atoms with Crippen LogP contribution >= 0.6 is 0 Å². The number of aromatic nitrogens is 1. The van der Waals surface area contributed by atoms with Gasteiger partial charge in [0.15, 0.2) is 5.69 Å². The normalized spacial score (nSPS) is 14.8. The van der Waals surface area contributed by atoms with Crippen molar-refractivity contribution in [1.29, 1.82) is 5.26 Å². The van der Waals surface area contributed by atoms with Gasteiger partial charge in [0, 0.05) is 13.1 Å². The van der Waals surface area contributed by atoms with Crippen molar-refractivity contribution in [3.05, 3.63) is 29.3 Å². The minimum Gasteiger partial charge on any atom is -0.462 e. The molecule has 0 saturated carbocycles. The first kappa shape index (κ1) is 16.1. The van der Waals surface area contributed by atoms with Crippen molar-refractivity contribution in [3.63, 3.8) is 0 Å². The second kappa shape index (κ2) is 6.22. The molecule has 1 aliphatic rings. The lowest BCUT2D eigenvalue weighted by atomic mass is 10.1. The molecule has 1 aromatic rings. The smallest absolute Gasteiger partial charge is 0.434 e. The molecule has 0 spiro atoms. The molecular formula is C14H13F3N3O2. The maximum absolute atomic E-state index is 13.2. The summed E-state index contributed by atoms with van der Waals surface area (Å²) in [5.74, 6) is -1.20. The molecule has 0 aromatic carbocycles. The Morgan fingerprint density at radius 2 is 2.27 bits per heavy atom. The molecule has 0 N–H and O–H groups in total. The van der Waals surface area contributed by atoms with Crippen molar-refractivity contribution in [2.75, 3.05) is 24.6 Å². The Labute approximate surface area is 125 Å². The summed E-state index contributed by atoms with van der Waals surface area (Å²) < 4.78 is 44.1. The van der Waals surface area contributed by atoms with Gasteiger partial charge in [0.05, 0.1) is 17.7 Å². The predicted octanol–water partition coefficient (Wildman–Crippen LogP) is 2.56. The molecule has 0 aliphatic carbocycles. The van der Waals surface area contributed by atoms with E-state index in [1.54, 1.807) is 11.0 Å². The second-order valence-corrected chi connectivity index (χ2v) is 4.61. The Morgan fingerprint density at radius 3 is 2.77 bits per heavy atom. The molecule has 1 aromatic heterocycles. The minimum absolute atomic E-state index is 0.0587. The topological polar surface area (TPSA) is 66.2 Å². The van der Waals surface area contributed by atoms with Crippen LogP contribution in [0.1, 0.15) is 35.0 Å². The number of rotatable bonds is 3. The highest BCUT2D eigenvalue weighted by Gasteiger charge is 2.39. The fraction of sp³-hybridized carbons (Fsp3) is 0.429. The average molecular weight is 312 g/mol. The lowest BCUT2D eigenvalue weighted by molar-refractivity contribution is -0.141. The van der Waals surface area contributed by atoms with Crippen LogP contribution in [-0.4, -0.2) is 30.6 Å². The van der Waals surface area contributed by atoms with Crippen LogP contribution in [0.25, 0.3) is 0 Å². The number of pyridine rings is 1. The number of alkyl halides is 3. The largest absolute Gasteiger partial charge is 0.462 e. The van der Waals surface area contributed by atoms with Gasteiger partial charge in [-0.3, -0.25) is 0 Å². The van der Waals surface area contributed by atoms with Crippen LogP contribution in [0.4, 0.5) is 19.0 Å². The van der Waals surface area contributed by atoms with Crippen LogP contribution in [-0.2, 0) is 10.9 Å². The Balaban J connectivity index is 2.59. The molecule has 5 nitrogen and oxygen atoms in total. The molecule has 1 fully saturated rings. The van der Waals surface area contributed by atoms with E-state index in [-0.39, 0.29) is 18.0 Å². The molecule has 0 unspecified atom stereocenters. The average Bonchev–Trinajstić information content (AvgIpc) is 2.99. The van der Waals surface area contributed by atoms with Crippen molar-refractivity contribution in [2.45, 2.75) is 19.5 Å². The first-order valence-corrected chi connectivity index (χ1v) is 6.64. The van der Waals surface area contributed by atoms with Crippen molar-refractivity contribution in [2.24, 2.45) is 0 Å². The van der Waals surface area contributed by atoms with E-state index in [4.69, 9.17) is 5.26 Å². The van der Waals surface area contributed by atoms with Crippen molar-refractivity contribution in [1.82, 2.24) is 4.98 Å². The Morgan fingerprint density at radius 1 is 1.55 bits per heavy atom. The summed E-state index contributed by atoms with van der Waals surface area (Å²) in [6.07, 6.45) is -2.23. The van der Waals surface area contributed by atoms with Gasteiger partial charge in [0.2, 0.25) is 0 Å². The number of carbonyl (C=O) groups is 1. The minimum atomic E-state index is -4.81. The highest BCUT2D eigenvalue weighted by atomic mass is 19.4. The van der Waals surface area contributed by atoms with E-state index >= 15 is 0 Å². The third-order valence-electron chi connectivity index (χ3n) is 3.14. The lowest BCUT2D eigenvalue weighted by Gasteiger charge is -2.20. The first-order valence-electron chi connectivity index (χ1n) is 6.64. The standard InChI is InChI=1S/C14H13F3N3O2/c1-2-22-13(21)10-7-9(8-18)12(20-5-3-4-6-20)19-11(10)14(15,16)17/h3,7H,2,4-6H2,1H3. The van der Waals surface area contributed by atoms with E-state index in [0.717, 1.165) is 6.07 Å². The van der Waals surface area contributed by atoms with E-state index in [2.05, 4.69) is 9.72 Å². The molecule has 2 heterocycles. The molecule has 1 saturated heterocycles. The number of nitrogens with zero attached hydrogens (tertiary/aromatic N) is 3. The van der Waals surface area contributed by atoms with Gasteiger partial charge >= 0.3 is 12.1 Å². The maximum atomic E-state index is 13.2. The highest BCUT2D eigenvalue weighted by molar-refractivity contribution is 5.92. The van der Waals surface area contributed by atoms with Gasteiger partial charge in [-0.1, -0.05) is 0 Å². The van der Waals surface area contributed by atoms with Crippen LogP contribution in [0.5, 0.6) is 0 Å². The number of hydrogen-bond donors (Lipinski definition) is 0. The Hall–Kier alpha value is -2.30. The summed E-state index contributed by atoms with van der Waals surface area (Å²) in [7, 11) is 0. The maximum Gasteiger partial charge on any atom is 0.434 e. The number of esters is 1. The van der Waals surface area contributed by atoms with E-state index in [1.165, 1.54) is 6.92 Å². The van der Waals surface area contributed by atoms with Gasteiger partial charge in [-0.05, 0) is 25.8 Å². The highest BCUT2D eigenvalue weighted by Crippen LogP contribution is 2.34. The monoisotopic (exact) mass is 312 g/mol. The van der Waals surface area contributed by atoms with Gasteiger partial charge in [0.25, 0.3) is 0 Å². The summed E-state index contributed by atoms with van der Waals surface area (Å²) in [4.78, 5) is 16.9. The quantitative estimate of drug-likeness (QED) is 0.803. The summed E-state index contributed by atoms with van der Waals surface area (Å²) in [5.41, 5.74) is -2.14. The zero-order chi connectivity index (χ0) is 16.3. The summed E-state index contributed by atoms with van der Waals surface area (Å²) in [6, 6.07) is 2.70. The Bertz CT molecular complexity index is 617. The van der Waals surface area contributed by atoms with Gasteiger partial charge in [0.1, 0.15) is 11.9 Å². The molecule has 0 bridgehead atoms. The fourth-order valence-corrected chi connectivity index (χ4v) is 2.19. The number of carbonyl (C=O) groups excluding carboxylic acids is 1. The van der Waals surface area contributed by atoms with Gasteiger partial charge in [-0.2, -0.15) is 18.4 Å². The van der Waals surface area contributed by atoms with Crippen molar-refractivity contribution in [3.8, 4) is 6.07 Å². The number of nitriles is 1. The SMILES string of the molecule is CCOC(=O)c1cc(C#N)c(N2C[CH]CC2)nc1C(F)(F)F. The van der Waals surface area contributed by atoms with E-state index in [9.17, 15) is 18.0 Å². The van der Waals surface area contributed by atoms with Crippen LogP contribution in [0.15, 0.2) is 6.07 Å². The molecular weight excluding hydrogens is 299 g/mol. The number of halogens is 3. The number of hydrogen-bond acceptors (Lipinski definition) is 5. The molecule has 0 amide bonds. The fourth-order valence-electron chi connectivity index (χ4n) is 2.19. The van der Waals surface area contributed by atoms with Crippen molar-refractivity contribution >= 4 is 11.8 Å². The van der Waals surface area contributed by atoms with E-state index < -0.39 is 23.4 Å². The lowest BCUT2D eigenvalue weighted by Crippen LogP contribution is -2.24. The molecule has 0 atom stereocenters. The Kier molecular flexibility index (Phi) is 4.54. The molecule has 8 heteroatoms. The van der Waals surface area contributed by atoms with E-state index in [0.29, 0.717) is 19.5 Å². The zero-order valence-electron chi connectivity index (χ0n) is 11.8. The number of ether oxygens (including phenoxy) is 1. The summed E-state index contributed by atoms with van der Waals surface area (Å²) in [6.45, 7) is 2.31. The summed E-state index contributed by atoms with van der Waals surface area (Å²) >= 11 is 0. The molecule has 2 rings (SSSR count). The van der Waals surface area contributed by atoms with Gasteiger partial charge < -0.3 is 9.64 Å². The zero-order valence-corrected chi connectivity index (χ0v) is 11.8. The van der Waals surface area contributed by atoms with Crippen LogP contribution < -0.4 is 4.90 Å². The third-order valence-corrected chi connectivity index (χ3v) is 3.14. The third kappa shape index (κ3) is 3.13. The van der Waals surface area contributed by atoms with Crippen LogP contribution in [0.3, 0.4) is 0 Å². The van der Waals surface area contributed by atoms with Crippen molar-refractivity contribution < 1.29 is 22.7 Å². The molecule has 117 valence electrons. The van der Waals surface area contributed by atoms with Crippen LogP contribution in [0.2, 0.25) is 0 Å². The number of anilines is 1. The van der Waals surface area contributed by atoms with Gasteiger partial charge in [-0.15, -0.1) is 0 Å². The molecule has 22 heavy (non-hydrogen) atoms. The van der Waals surface area contributed by atoms with Crippen LogP contribution in [0, 0.1) is 17.8 Å². The molecule has 1 radical (unpaired) electrons. The molecule has 1 aliphatic heterocycles. The second-order valence-electron chi connectivity index (χ2n) is 4.61. The van der Waals surface area contributed by atoms with Gasteiger partial charge in [-0.25, -0.2) is 9.78 Å². The van der Waals surface area contributed by atoms with E-state index in [1.807, 2.05) is 6.42 Å².